The number of nitrogens with zero attached hydrogens (tertiary/aromatic N) is 2. The molecular weight excluding hydrogens is 340 g/mol. The molecule has 1 fully saturated rings. The normalized spacial score (nSPS) is 20.6. The van der Waals surface area contributed by atoms with Crippen LogP contribution in [0.1, 0.15) is 56.6 Å². The Morgan fingerprint density at radius 2 is 1.85 bits per heavy atom. The van der Waals surface area contributed by atoms with Gasteiger partial charge in [0.25, 0.3) is 0 Å². The minimum atomic E-state index is 0.0758. The summed E-state index contributed by atoms with van der Waals surface area (Å²) in [6.45, 7) is 7.32. The number of rotatable bonds is 6. The third kappa shape index (κ3) is 3.88. The van der Waals surface area contributed by atoms with Crippen LogP contribution in [0.2, 0.25) is 0 Å². The standard InChI is InChI=1S/C22H32N2O3/c1-4-23(5-2)20(25)14-17-15-22(19-9-7-6-8-18(17)19)10-12-24(13-11-22)21(26)16-27-3/h6-9,17H,4-5,10-16H2,1-3H3/t17-/m0/s1. The lowest BCUT2D eigenvalue weighted by Crippen LogP contribution is -2.45. The molecule has 1 heterocycles. The van der Waals surface area contributed by atoms with Gasteiger partial charge in [0.1, 0.15) is 6.61 Å². The summed E-state index contributed by atoms with van der Waals surface area (Å²) in [6.07, 6.45) is 3.54. The number of carbonyl (C=O) groups excluding carboxylic acids is 2. The molecule has 1 aromatic rings. The topological polar surface area (TPSA) is 49.9 Å². The first-order valence-electron chi connectivity index (χ1n) is 10.2. The van der Waals surface area contributed by atoms with Crippen LogP contribution >= 0.6 is 0 Å². The van der Waals surface area contributed by atoms with Gasteiger partial charge in [-0.05, 0) is 55.6 Å². The van der Waals surface area contributed by atoms with Crippen LogP contribution in [0, 0.1) is 0 Å². The van der Waals surface area contributed by atoms with E-state index in [0.717, 1.165) is 45.4 Å². The van der Waals surface area contributed by atoms with E-state index in [9.17, 15) is 9.59 Å². The summed E-state index contributed by atoms with van der Waals surface area (Å²) >= 11 is 0. The van der Waals surface area contributed by atoms with Crippen molar-refractivity contribution in [2.75, 3.05) is 39.9 Å². The van der Waals surface area contributed by atoms with Gasteiger partial charge in [0.05, 0.1) is 0 Å². The maximum Gasteiger partial charge on any atom is 0.248 e. The third-order valence-electron chi connectivity index (χ3n) is 6.49. The van der Waals surface area contributed by atoms with E-state index in [1.54, 1.807) is 7.11 Å². The van der Waals surface area contributed by atoms with Gasteiger partial charge in [0.15, 0.2) is 0 Å². The molecule has 5 heteroatoms. The summed E-state index contributed by atoms with van der Waals surface area (Å²) in [7, 11) is 1.56. The van der Waals surface area contributed by atoms with E-state index in [-0.39, 0.29) is 29.8 Å². The van der Waals surface area contributed by atoms with Crippen molar-refractivity contribution in [1.29, 1.82) is 0 Å². The molecule has 1 aliphatic carbocycles. The van der Waals surface area contributed by atoms with Gasteiger partial charge < -0.3 is 14.5 Å². The van der Waals surface area contributed by atoms with E-state index >= 15 is 0 Å². The first kappa shape index (κ1) is 19.9. The highest BCUT2D eigenvalue weighted by molar-refractivity contribution is 5.78. The van der Waals surface area contributed by atoms with Gasteiger partial charge >= 0.3 is 0 Å². The van der Waals surface area contributed by atoms with E-state index in [1.807, 2.05) is 23.6 Å². The lowest BCUT2D eigenvalue weighted by molar-refractivity contribution is -0.136. The fraction of sp³-hybridized carbons (Fsp3) is 0.636. The van der Waals surface area contributed by atoms with Gasteiger partial charge in [0, 0.05) is 39.7 Å². The maximum absolute atomic E-state index is 12.7. The summed E-state index contributed by atoms with van der Waals surface area (Å²) < 4.78 is 5.00. The van der Waals surface area contributed by atoms with Gasteiger partial charge in [-0.3, -0.25) is 9.59 Å². The zero-order chi connectivity index (χ0) is 19.4. The number of amides is 2. The molecule has 148 valence electrons. The Morgan fingerprint density at radius 1 is 1.19 bits per heavy atom. The lowest BCUT2D eigenvalue weighted by atomic mass is 9.73. The number of carbonyl (C=O) groups is 2. The molecular formula is C22H32N2O3. The van der Waals surface area contributed by atoms with Crippen LogP contribution in [-0.2, 0) is 19.7 Å². The average molecular weight is 373 g/mol. The number of hydrogen-bond donors (Lipinski definition) is 0. The molecule has 0 aromatic heterocycles. The molecule has 0 unspecified atom stereocenters. The molecule has 0 bridgehead atoms. The number of benzene rings is 1. The summed E-state index contributed by atoms with van der Waals surface area (Å²) in [5.74, 6) is 0.618. The molecule has 2 aliphatic rings. The van der Waals surface area contributed by atoms with Crippen LogP contribution in [0.4, 0.5) is 0 Å². The Balaban J connectivity index is 1.76. The lowest BCUT2D eigenvalue weighted by Gasteiger charge is -2.40. The highest BCUT2D eigenvalue weighted by Gasteiger charge is 2.46. The fourth-order valence-corrected chi connectivity index (χ4v) is 5.00. The van der Waals surface area contributed by atoms with Crippen molar-refractivity contribution in [2.45, 2.75) is 50.9 Å². The average Bonchev–Trinajstić information content (AvgIpc) is 2.97. The summed E-state index contributed by atoms with van der Waals surface area (Å²) in [4.78, 5) is 28.7. The van der Waals surface area contributed by atoms with Crippen LogP contribution in [-0.4, -0.2) is 61.5 Å². The molecule has 5 nitrogen and oxygen atoms in total. The summed E-state index contributed by atoms with van der Waals surface area (Å²) in [5, 5.41) is 0. The Kier molecular flexibility index (Phi) is 6.20. The maximum atomic E-state index is 12.7. The molecule has 1 atom stereocenters. The Hall–Kier alpha value is -1.88. The van der Waals surface area contributed by atoms with Gasteiger partial charge in [-0.1, -0.05) is 24.3 Å². The van der Waals surface area contributed by atoms with Gasteiger partial charge in [-0.15, -0.1) is 0 Å². The number of fused-ring (bicyclic) bond motifs is 2. The van der Waals surface area contributed by atoms with Crippen molar-refractivity contribution in [3.63, 3.8) is 0 Å². The van der Waals surface area contributed by atoms with Crippen molar-refractivity contribution in [1.82, 2.24) is 9.80 Å². The zero-order valence-corrected chi connectivity index (χ0v) is 16.9. The minimum Gasteiger partial charge on any atom is -0.375 e. The molecule has 2 amide bonds. The van der Waals surface area contributed by atoms with E-state index in [4.69, 9.17) is 4.74 Å². The van der Waals surface area contributed by atoms with E-state index < -0.39 is 0 Å². The predicted octanol–water partition coefficient (Wildman–Crippen LogP) is 2.94. The third-order valence-corrected chi connectivity index (χ3v) is 6.49. The minimum absolute atomic E-state index is 0.0758. The van der Waals surface area contributed by atoms with Crippen molar-refractivity contribution in [2.24, 2.45) is 0 Å². The molecule has 1 saturated heterocycles. The van der Waals surface area contributed by atoms with Gasteiger partial charge in [0.2, 0.25) is 11.8 Å². The second-order valence-electron chi connectivity index (χ2n) is 7.85. The van der Waals surface area contributed by atoms with E-state index in [1.165, 1.54) is 11.1 Å². The second kappa shape index (κ2) is 8.42. The molecule has 0 N–H and O–H groups in total. The van der Waals surface area contributed by atoms with E-state index in [2.05, 4.69) is 24.3 Å². The van der Waals surface area contributed by atoms with Crippen molar-refractivity contribution in [3.05, 3.63) is 35.4 Å². The molecule has 1 spiro atoms. The second-order valence-corrected chi connectivity index (χ2v) is 7.85. The predicted molar refractivity (Wildman–Crippen MR) is 106 cm³/mol. The molecule has 0 radical (unpaired) electrons. The first-order chi connectivity index (χ1) is 13.0. The zero-order valence-electron chi connectivity index (χ0n) is 16.9. The largest absolute Gasteiger partial charge is 0.375 e. The first-order valence-corrected chi connectivity index (χ1v) is 10.2. The number of hydrogen-bond acceptors (Lipinski definition) is 3. The van der Waals surface area contributed by atoms with Gasteiger partial charge in [-0.25, -0.2) is 0 Å². The van der Waals surface area contributed by atoms with Crippen LogP contribution in [0.25, 0.3) is 0 Å². The van der Waals surface area contributed by atoms with Crippen LogP contribution in [0.5, 0.6) is 0 Å². The van der Waals surface area contributed by atoms with E-state index in [0.29, 0.717) is 6.42 Å². The molecule has 27 heavy (non-hydrogen) atoms. The quantitative estimate of drug-likeness (QED) is 0.771. The van der Waals surface area contributed by atoms with Crippen molar-refractivity contribution < 1.29 is 14.3 Å². The molecule has 1 aliphatic heterocycles. The Labute approximate surface area is 162 Å². The monoisotopic (exact) mass is 372 g/mol. The SMILES string of the molecule is CCN(CC)C(=O)C[C@H]1CC2(CCN(C(=O)COC)CC2)c2ccccc21. The van der Waals surface area contributed by atoms with Crippen LogP contribution < -0.4 is 0 Å². The number of methoxy groups -OCH3 is 1. The number of piperidine rings is 1. The Bertz CT molecular complexity index is 676. The summed E-state index contributed by atoms with van der Waals surface area (Å²) in [6, 6.07) is 8.64. The fourth-order valence-electron chi connectivity index (χ4n) is 5.00. The molecule has 0 saturated carbocycles. The smallest absolute Gasteiger partial charge is 0.248 e. The number of likely N-dealkylation sites (tertiary alicyclic amines) is 1. The summed E-state index contributed by atoms with van der Waals surface area (Å²) in [5.41, 5.74) is 2.85. The highest BCUT2D eigenvalue weighted by Crippen LogP contribution is 2.52. The Morgan fingerprint density at radius 3 is 2.48 bits per heavy atom. The highest BCUT2D eigenvalue weighted by atomic mass is 16.5. The van der Waals surface area contributed by atoms with Crippen molar-refractivity contribution >= 4 is 11.8 Å². The van der Waals surface area contributed by atoms with Crippen LogP contribution in [0.3, 0.4) is 0 Å². The van der Waals surface area contributed by atoms with Crippen molar-refractivity contribution in [3.8, 4) is 0 Å². The van der Waals surface area contributed by atoms with Gasteiger partial charge in [-0.2, -0.15) is 0 Å². The molecule has 1 aromatic carbocycles. The van der Waals surface area contributed by atoms with Crippen LogP contribution in [0.15, 0.2) is 24.3 Å². The number of ether oxygens (including phenoxy) is 1. The molecule has 3 rings (SSSR count).